The molecule has 0 saturated carbocycles. The number of nitrogens with one attached hydrogen (secondary N) is 1. The van der Waals surface area contributed by atoms with Crippen molar-refractivity contribution >= 4 is 5.91 Å². The Morgan fingerprint density at radius 2 is 0.629 bits per heavy atom. The molecule has 0 aromatic carbocycles. The van der Waals surface area contributed by atoms with Crippen molar-refractivity contribution in [1.82, 2.24) is 5.32 Å². The second kappa shape index (κ2) is 61.6. The molecule has 1 amide bonds. The van der Waals surface area contributed by atoms with Gasteiger partial charge in [-0.15, -0.1) is 0 Å². The first kappa shape index (κ1) is 68.4. The van der Waals surface area contributed by atoms with Gasteiger partial charge in [0.05, 0.1) is 18.8 Å². The molecule has 0 bridgehead atoms. The third kappa shape index (κ3) is 57.3. The normalized spacial score (nSPS) is 13.0. The van der Waals surface area contributed by atoms with E-state index in [1.807, 2.05) is 0 Å². The molecule has 0 aliphatic carbocycles. The SMILES string of the molecule is CC/C=C\C/C=C\C/C=C\C/C=C\CCCCCCCCCCCCCCCCCCCCCCCCC(=O)NC(CO)C(O)CCCCCCCCCCCCCCCCCCCCCCCCC. The highest BCUT2D eigenvalue weighted by Crippen LogP contribution is 2.19. The summed E-state index contributed by atoms with van der Waals surface area (Å²) in [6.45, 7) is 4.28. The molecule has 3 N–H and O–H groups in total. The number of aliphatic hydroxyl groups is 2. The van der Waals surface area contributed by atoms with Crippen LogP contribution in [0.15, 0.2) is 48.6 Å². The molecule has 2 atom stereocenters. The highest BCUT2D eigenvalue weighted by Gasteiger charge is 2.20. The zero-order chi connectivity index (χ0) is 50.6. The minimum Gasteiger partial charge on any atom is -0.394 e. The van der Waals surface area contributed by atoms with Gasteiger partial charge in [0.1, 0.15) is 0 Å². The predicted molar refractivity (Wildman–Crippen MR) is 313 cm³/mol. The summed E-state index contributed by atoms with van der Waals surface area (Å²) in [6.07, 6.45) is 85.7. The lowest BCUT2D eigenvalue weighted by Gasteiger charge is -2.22. The third-order valence-corrected chi connectivity index (χ3v) is 14.9. The molecular weight excluding hydrogens is 855 g/mol. The number of hydrogen-bond acceptors (Lipinski definition) is 3. The van der Waals surface area contributed by atoms with Gasteiger partial charge in [-0.1, -0.05) is 339 Å². The maximum Gasteiger partial charge on any atom is 0.220 e. The minimum atomic E-state index is -0.659. The van der Waals surface area contributed by atoms with Crippen LogP contribution in [0.3, 0.4) is 0 Å². The topological polar surface area (TPSA) is 69.6 Å². The van der Waals surface area contributed by atoms with E-state index in [0.29, 0.717) is 12.8 Å². The molecule has 0 fully saturated rings. The Kier molecular flexibility index (Phi) is 60.2. The van der Waals surface area contributed by atoms with E-state index in [1.165, 1.54) is 270 Å². The van der Waals surface area contributed by atoms with Gasteiger partial charge in [0.25, 0.3) is 0 Å². The highest BCUT2D eigenvalue weighted by atomic mass is 16.3. The summed E-state index contributed by atoms with van der Waals surface area (Å²) >= 11 is 0. The van der Waals surface area contributed by atoms with Crippen molar-refractivity contribution in [3.8, 4) is 0 Å². The number of rotatable bonds is 59. The van der Waals surface area contributed by atoms with Crippen molar-refractivity contribution in [1.29, 1.82) is 0 Å². The fourth-order valence-electron chi connectivity index (χ4n) is 10.1. The second-order valence-corrected chi connectivity index (χ2v) is 21.8. The first-order valence-corrected chi connectivity index (χ1v) is 31.8. The molecule has 0 spiro atoms. The summed E-state index contributed by atoms with van der Waals surface area (Å²) in [7, 11) is 0. The van der Waals surface area contributed by atoms with E-state index in [0.717, 1.165) is 51.4 Å². The van der Waals surface area contributed by atoms with E-state index >= 15 is 0 Å². The number of hydrogen-bond donors (Lipinski definition) is 3. The Morgan fingerprint density at radius 1 is 0.357 bits per heavy atom. The molecule has 0 heterocycles. The maximum absolute atomic E-state index is 12.5. The van der Waals surface area contributed by atoms with Crippen molar-refractivity contribution < 1.29 is 15.0 Å². The number of unbranched alkanes of at least 4 members (excludes halogenated alkanes) is 44. The van der Waals surface area contributed by atoms with E-state index in [1.54, 1.807) is 0 Å². The predicted octanol–water partition coefficient (Wildman–Crippen LogP) is 21.4. The van der Waals surface area contributed by atoms with Crippen LogP contribution in [0, 0.1) is 0 Å². The van der Waals surface area contributed by atoms with E-state index in [4.69, 9.17) is 0 Å². The van der Waals surface area contributed by atoms with Gasteiger partial charge in [-0.05, 0) is 51.4 Å². The molecule has 0 aliphatic rings. The van der Waals surface area contributed by atoms with Crippen LogP contribution in [-0.2, 0) is 4.79 Å². The molecule has 0 rings (SSSR count). The lowest BCUT2D eigenvalue weighted by molar-refractivity contribution is -0.123. The molecule has 412 valence electrons. The van der Waals surface area contributed by atoms with Crippen LogP contribution in [0.25, 0.3) is 0 Å². The Bertz CT molecular complexity index is 1110. The van der Waals surface area contributed by atoms with Crippen molar-refractivity contribution in [2.45, 2.75) is 360 Å². The summed E-state index contributed by atoms with van der Waals surface area (Å²) in [5.41, 5.74) is 0. The van der Waals surface area contributed by atoms with Crippen LogP contribution in [0.5, 0.6) is 0 Å². The minimum absolute atomic E-state index is 0.0242. The Morgan fingerprint density at radius 3 is 0.943 bits per heavy atom. The van der Waals surface area contributed by atoms with Gasteiger partial charge in [-0.25, -0.2) is 0 Å². The van der Waals surface area contributed by atoms with Gasteiger partial charge < -0.3 is 15.5 Å². The summed E-state index contributed by atoms with van der Waals surface area (Å²) in [4.78, 5) is 12.5. The lowest BCUT2D eigenvalue weighted by atomic mass is 10.0. The van der Waals surface area contributed by atoms with Crippen LogP contribution >= 0.6 is 0 Å². The number of carbonyl (C=O) groups excluding carboxylic acids is 1. The smallest absolute Gasteiger partial charge is 0.220 e. The average molecular weight is 981 g/mol. The Labute approximate surface area is 439 Å². The van der Waals surface area contributed by atoms with Gasteiger partial charge >= 0.3 is 0 Å². The van der Waals surface area contributed by atoms with Crippen LogP contribution in [0.1, 0.15) is 348 Å². The van der Waals surface area contributed by atoms with E-state index in [9.17, 15) is 15.0 Å². The number of carbonyl (C=O) groups is 1. The number of amides is 1. The Balaban J connectivity index is 3.40. The maximum atomic E-state index is 12.5. The van der Waals surface area contributed by atoms with Crippen LogP contribution in [0.4, 0.5) is 0 Å². The lowest BCUT2D eigenvalue weighted by Crippen LogP contribution is -2.45. The molecule has 0 radical (unpaired) electrons. The highest BCUT2D eigenvalue weighted by molar-refractivity contribution is 5.76. The largest absolute Gasteiger partial charge is 0.394 e. The molecule has 4 heteroatoms. The van der Waals surface area contributed by atoms with E-state index in [2.05, 4.69) is 67.8 Å². The fraction of sp³-hybridized carbons (Fsp3) is 0.864. The van der Waals surface area contributed by atoms with Crippen LogP contribution in [-0.4, -0.2) is 34.9 Å². The summed E-state index contributed by atoms with van der Waals surface area (Å²) in [5.74, 6) is -0.0242. The van der Waals surface area contributed by atoms with Crippen molar-refractivity contribution in [3.05, 3.63) is 48.6 Å². The zero-order valence-electron chi connectivity index (χ0n) is 47.6. The standard InChI is InChI=1S/C66H125NO3/c1-3-5-7-9-11-13-15-17-19-21-23-25-27-28-29-30-31-32-33-34-35-36-37-38-40-42-44-46-48-50-52-54-56-58-60-62-66(70)67-64(63-68)65(69)61-59-57-55-53-51-49-47-45-43-41-39-26-24-22-20-18-16-14-12-10-8-6-4-2/h5,7,11,13,17,19,23,25,64-65,68-69H,3-4,6,8-10,12,14-16,18,20-22,24,26-63H2,1-2H3,(H,67,70)/b7-5-,13-11-,19-17-,25-23-. The number of allylic oxidation sites excluding steroid dienone is 8. The summed E-state index contributed by atoms with van der Waals surface area (Å²) in [6, 6.07) is -0.536. The average Bonchev–Trinajstić information content (AvgIpc) is 3.36. The molecule has 0 saturated heterocycles. The molecule has 4 nitrogen and oxygen atoms in total. The number of aliphatic hydroxyl groups excluding tert-OH is 2. The molecule has 0 aromatic rings. The fourth-order valence-corrected chi connectivity index (χ4v) is 10.1. The first-order chi connectivity index (χ1) is 34.7. The monoisotopic (exact) mass is 980 g/mol. The quantitative estimate of drug-likeness (QED) is 0.0420. The third-order valence-electron chi connectivity index (χ3n) is 14.9. The van der Waals surface area contributed by atoms with Crippen molar-refractivity contribution in [2.24, 2.45) is 0 Å². The van der Waals surface area contributed by atoms with Gasteiger partial charge in [0.15, 0.2) is 0 Å². The molecule has 0 aliphatic heterocycles. The molecule has 2 unspecified atom stereocenters. The van der Waals surface area contributed by atoms with E-state index < -0.39 is 12.1 Å². The zero-order valence-corrected chi connectivity index (χ0v) is 47.6. The van der Waals surface area contributed by atoms with Crippen LogP contribution in [0.2, 0.25) is 0 Å². The first-order valence-electron chi connectivity index (χ1n) is 31.8. The van der Waals surface area contributed by atoms with Crippen LogP contribution < -0.4 is 5.32 Å². The summed E-state index contributed by atoms with van der Waals surface area (Å²) < 4.78 is 0. The van der Waals surface area contributed by atoms with Crippen molar-refractivity contribution in [3.63, 3.8) is 0 Å². The molecular formula is C66H125NO3. The Hall–Kier alpha value is -1.65. The molecule has 0 aromatic heterocycles. The van der Waals surface area contributed by atoms with E-state index in [-0.39, 0.29) is 12.5 Å². The van der Waals surface area contributed by atoms with Crippen molar-refractivity contribution in [2.75, 3.05) is 6.61 Å². The van der Waals surface area contributed by atoms with Gasteiger partial charge in [-0.2, -0.15) is 0 Å². The van der Waals surface area contributed by atoms with Gasteiger partial charge in [0.2, 0.25) is 5.91 Å². The second-order valence-electron chi connectivity index (χ2n) is 21.8. The van der Waals surface area contributed by atoms with Gasteiger partial charge in [0, 0.05) is 6.42 Å². The molecule has 70 heavy (non-hydrogen) atoms. The van der Waals surface area contributed by atoms with Gasteiger partial charge in [-0.3, -0.25) is 4.79 Å². The summed E-state index contributed by atoms with van der Waals surface area (Å²) in [5, 5.41) is 23.4.